The Morgan fingerprint density at radius 3 is 2.74 bits per heavy atom. The first-order valence-electron chi connectivity index (χ1n) is 8.19. The molecule has 7 heteroatoms. The number of rotatable bonds is 5. The monoisotopic (exact) mass is 383 g/mol. The molecule has 6 nitrogen and oxygen atoms in total. The SMILES string of the molecule is COc1ccc2cc(/C=N\N(C)C(=O)OCc3ccccc3)c(Cl)nc2c1. The van der Waals surface area contributed by atoms with Crippen LogP contribution in [-0.2, 0) is 11.3 Å². The van der Waals surface area contributed by atoms with E-state index in [9.17, 15) is 4.79 Å². The van der Waals surface area contributed by atoms with E-state index in [2.05, 4.69) is 10.1 Å². The van der Waals surface area contributed by atoms with E-state index in [1.165, 1.54) is 13.3 Å². The van der Waals surface area contributed by atoms with Gasteiger partial charge in [-0.3, -0.25) is 0 Å². The molecule has 3 rings (SSSR count). The van der Waals surface area contributed by atoms with Crippen LogP contribution in [0.15, 0.2) is 59.7 Å². The lowest BCUT2D eigenvalue weighted by molar-refractivity contribution is 0.106. The van der Waals surface area contributed by atoms with Crippen LogP contribution in [0, 0.1) is 0 Å². The normalized spacial score (nSPS) is 10.9. The second-order valence-corrected chi connectivity index (χ2v) is 6.09. The fourth-order valence-electron chi connectivity index (χ4n) is 2.37. The molecule has 1 heterocycles. The van der Waals surface area contributed by atoms with Gasteiger partial charge in [0.15, 0.2) is 0 Å². The Bertz CT molecular complexity index is 977. The van der Waals surface area contributed by atoms with Gasteiger partial charge in [0.2, 0.25) is 0 Å². The summed E-state index contributed by atoms with van der Waals surface area (Å²) >= 11 is 6.23. The summed E-state index contributed by atoms with van der Waals surface area (Å²) < 4.78 is 10.4. The topological polar surface area (TPSA) is 64.0 Å². The van der Waals surface area contributed by atoms with Crippen molar-refractivity contribution in [1.29, 1.82) is 0 Å². The molecule has 138 valence electrons. The molecule has 0 fully saturated rings. The highest BCUT2D eigenvalue weighted by atomic mass is 35.5. The van der Waals surface area contributed by atoms with Gasteiger partial charge in [-0.05, 0) is 23.8 Å². The summed E-state index contributed by atoms with van der Waals surface area (Å²) in [6.07, 6.45) is 0.910. The number of amides is 1. The molecule has 0 aliphatic heterocycles. The molecule has 0 aliphatic rings. The van der Waals surface area contributed by atoms with Gasteiger partial charge >= 0.3 is 6.09 Å². The average Bonchev–Trinajstić information content (AvgIpc) is 2.70. The smallest absolute Gasteiger partial charge is 0.430 e. The third-order valence-electron chi connectivity index (χ3n) is 3.84. The molecule has 0 unspecified atom stereocenters. The van der Waals surface area contributed by atoms with Crippen molar-refractivity contribution in [2.75, 3.05) is 14.2 Å². The van der Waals surface area contributed by atoms with Crippen LogP contribution in [0.1, 0.15) is 11.1 Å². The van der Waals surface area contributed by atoms with E-state index in [1.54, 1.807) is 13.2 Å². The van der Waals surface area contributed by atoms with Gasteiger partial charge in [0.05, 0.1) is 18.8 Å². The van der Waals surface area contributed by atoms with Gasteiger partial charge in [-0.15, -0.1) is 0 Å². The Hall–Kier alpha value is -3.12. The molecular weight excluding hydrogens is 366 g/mol. The van der Waals surface area contributed by atoms with Crippen LogP contribution in [0.25, 0.3) is 10.9 Å². The Morgan fingerprint density at radius 1 is 1.22 bits per heavy atom. The van der Waals surface area contributed by atoms with Gasteiger partial charge in [0, 0.05) is 24.1 Å². The average molecular weight is 384 g/mol. The predicted octanol–water partition coefficient (Wildman–Crippen LogP) is 4.50. The number of methoxy groups -OCH3 is 1. The largest absolute Gasteiger partial charge is 0.497 e. The first kappa shape index (κ1) is 18.7. The third kappa shape index (κ3) is 4.74. The lowest BCUT2D eigenvalue weighted by Crippen LogP contribution is -2.22. The van der Waals surface area contributed by atoms with Crippen molar-refractivity contribution < 1.29 is 14.3 Å². The maximum Gasteiger partial charge on any atom is 0.430 e. The van der Waals surface area contributed by atoms with Gasteiger partial charge in [0.25, 0.3) is 0 Å². The summed E-state index contributed by atoms with van der Waals surface area (Å²) in [4.78, 5) is 16.4. The first-order chi connectivity index (χ1) is 13.1. The maximum atomic E-state index is 12.0. The maximum absolute atomic E-state index is 12.0. The van der Waals surface area contributed by atoms with Crippen LogP contribution in [0.5, 0.6) is 5.75 Å². The number of carbonyl (C=O) groups is 1. The number of nitrogens with zero attached hydrogens (tertiary/aromatic N) is 3. The molecule has 0 N–H and O–H groups in total. The number of hydrogen-bond acceptors (Lipinski definition) is 5. The molecule has 0 saturated carbocycles. The van der Waals surface area contributed by atoms with Gasteiger partial charge in [-0.25, -0.2) is 14.8 Å². The van der Waals surface area contributed by atoms with E-state index >= 15 is 0 Å². The first-order valence-corrected chi connectivity index (χ1v) is 8.57. The lowest BCUT2D eigenvalue weighted by Gasteiger charge is -2.11. The molecule has 27 heavy (non-hydrogen) atoms. The van der Waals surface area contributed by atoms with Crippen LogP contribution >= 0.6 is 11.6 Å². The van der Waals surface area contributed by atoms with Crippen molar-refractivity contribution in [2.45, 2.75) is 6.61 Å². The zero-order valence-electron chi connectivity index (χ0n) is 14.9. The molecule has 0 saturated heterocycles. The molecule has 0 bridgehead atoms. The summed E-state index contributed by atoms with van der Waals surface area (Å²) in [6, 6.07) is 16.8. The van der Waals surface area contributed by atoms with Crippen molar-refractivity contribution in [1.82, 2.24) is 9.99 Å². The standard InChI is InChI=1S/C20H18ClN3O3/c1-24(20(25)27-13-14-6-4-3-5-7-14)22-12-16-10-15-8-9-17(26-2)11-18(15)23-19(16)21/h3-12H,13H2,1-2H3/b22-12-. The van der Waals surface area contributed by atoms with Crippen molar-refractivity contribution in [3.8, 4) is 5.75 Å². The number of hydrazone groups is 1. The van der Waals surface area contributed by atoms with Crippen molar-refractivity contribution in [2.24, 2.45) is 5.10 Å². The Labute approximate surface area is 162 Å². The minimum atomic E-state index is -0.565. The van der Waals surface area contributed by atoms with Crippen LogP contribution in [0.4, 0.5) is 4.79 Å². The van der Waals surface area contributed by atoms with Crippen molar-refractivity contribution >= 4 is 34.8 Å². The molecule has 1 amide bonds. The number of ether oxygens (including phenoxy) is 2. The van der Waals surface area contributed by atoms with Crippen LogP contribution < -0.4 is 4.74 Å². The molecule has 1 aromatic heterocycles. The van der Waals surface area contributed by atoms with Crippen LogP contribution in [0.3, 0.4) is 0 Å². The number of benzene rings is 2. The summed E-state index contributed by atoms with van der Waals surface area (Å²) in [5.41, 5.74) is 2.21. The summed E-state index contributed by atoms with van der Waals surface area (Å²) in [7, 11) is 3.10. The van der Waals surface area contributed by atoms with Gasteiger partial charge in [-0.1, -0.05) is 41.9 Å². The molecule has 2 aromatic carbocycles. The zero-order chi connectivity index (χ0) is 19.2. The van der Waals surface area contributed by atoms with Gasteiger partial charge < -0.3 is 9.47 Å². The number of carbonyl (C=O) groups excluding carboxylic acids is 1. The van der Waals surface area contributed by atoms with E-state index in [1.807, 2.05) is 48.5 Å². The number of pyridine rings is 1. The molecule has 0 spiro atoms. The third-order valence-corrected chi connectivity index (χ3v) is 4.15. The highest BCUT2D eigenvalue weighted by Gasteiger charge is 2.10. The second kappa shape index (κ2) is 8.51. The number of hydrogen-bond donors (Lipinski definition) is 0. The predicted molar refractivity (Wildman–Crippen MR) is 105 cm³/mol. The minimum absolute atomic E-state index is 0.180. The fourth-order valence-corrected chi connectivity index (χ4v) is 2.56. The highest BCUT2D eigenvalue weighted by molar-refractivity contribution is 6.32. The molecule has 0 atom stereocenters. The van der Waals surface area contributed by atoms with Gasteiger partial charge in [0.1, 0.15) is 17.5 Å². The second-order valence-electron chi connectivity index (χ2n) is 5.74. The Morgan fingerprint density at radius 2 is 2.00 bits per heavy atom. The van der Waals surface area contributed by atoms with Crippen molar-refractivity contribution in [3.05, 3.63) is 70.9 Å². The summed E-state index contributed by atoms with van der Waals surface area (Å²) in [5.74, 6) is 0.702. The Balaban J connectivity index is 1.68. The zero-order valence-corrected chi connectivity index (χ0v) is 15.7. The number of aromatic nitrogens is 1. The fraction of sp³-hybridized carbons (Fsp3) is 0.150. The van der Waals surface area contributed by atoms with Crippen LogP contribution in [-0.4, -0.2) is 36.5 Å². The minimum Gasteiger partial charge on any atom is -0.497 e. The molecular formula is C20H18ClN3O3. The number of halogens is 1. The highest BCUT2D eigenvalue weighted by Crippen LogP contribution is 2.23. The van der Waals surface area contributed by atoms with E-state index in [0.29, 0.717) is 16.8 Å². The van der Waals surface area contributed by atoms with Crippen molar-refractivity contribution in [3.63, 3.8) is 0 Å². The van der Waals surface area contributed by atoms with E-state index in [4.69, 9.17) is 21.1 Å². The Kier molecular flexibility index (Phi) is 5.88. The molecule has 0 aliphatic carbocycles. The van der Waals surface area contributed by atoms with E-state index < -0.39 is 6.09 Å². The summed E-state index contributed by atoms with van der Waals surface area (Å²) in [5, 5.41) is 6.37. The summed E-state index contributed by atoms with van der Waals surface area (Å²) in [6.45, 7) is 0.180. The number of fused-ring (bicyclic) bond motifs is 1. The van der Waals surface area contributed by atoms with Crippen LogP contribution in [0.2, 0.25) is 5.15 Å². The quantitative estimate of drug-likeness (QED) is 0.369. The molecule has 0 radical (unpaired) electrons. The molecule has 3 aromatic rings. The van der Waals surface area contributed by atoms with E-state index in [-0.39, 0.29) is 11.8 Å². The van der Waals surface area contributed by atoms with Gasteiger partial charge in [-0.2, -0.15) is 5.10 Å². The lowest BCUT2D eigenvalue weighted by atomic mass is 10.1. The van der Waals surface area contributed by atoms with E-state index in [0.717, 1.165) is 16.0 Å².